The predicted molar refractivity (Wildman–Crippen MR) is 90.9 cm³/mol. The zero-order valence-electron chi connectivity index (χ0n) is 14.1. The molecule has 1 aliphatic heterocycles. The number of piperidine rings is 1. The molecule has 1 aromatic carbocycles. The number of fused-ring (bicyclic) bond motifs is 4. The summed E-state index contributed by atoms with van der Waals surface area (Å²) in [6, 6.07) is 5.33. The second-order valence-corrected chi connectivity index (χ2v) is 7.28. The first kappa shape index (κ1) is 14.8. The van der Waals surface area contributed by atoms with E-state index in [0.29, 0.717) is 17.4 Å². The summed E-state index contributed by atoms with van der Waals surface area (Å²) < 4.78 is 0. The summed E-state index contributed by atoms with van der Waals surface area (Å²) in [7, 11) is 0. The number of aryl methyl sites for hydroxylation is 1. The van der Waals surface area contributed by atoms with Crippen molar-refractivity contribution in [2.45, 2.75) is 64.8 Å². The number of nitrogens with one attached hydrogen (secondary N) is 1. The molecule has 2 bridgehead atoms. The van der Waals surface area contributed by atoms with E-state index in [0.717, 1.165) is 13.0 Å². The molecule has 1 aromatic rings. The molecule has 3 rings (SSSR count). The lowest BCUT2D eigenvalue weighted by Crippen LogP contribution is -2.57. The third kappa shape index (κ3) is 2.17. The maximum Gasteiger partial charge on any atom is 0.0142 e. The molecule has 1 fully saturated rings. The minimum atomic E-state index is 0.312. The average Bonchev–Trinajstić information content (AvgIpc) is 2.45. The van der Waals surface area contributed by atoms with Crippen LogP contribution in [-0.4, -0.2) is 12.6 Å². The van der Waals surface area contributed by atoms with Crippen molar-refractivity contribution in [3.05, 3.63) is 46.5 Å². The van der Waals surface area contributed by atoms with Crippen molar-refractivity contribution in [3.8, 4) is 0 Å². The van der Waals surface area contributed by atoms with Crippen molar-refractivity contribution >= 4 is 0 Å². The standard InChI is InChI=1S/C20H29N/c1-6-13(2)12-20-9-10-21-18(16(20)5)11-17-8-7-14(3)15(4)19(17)20/h7-8,16,18,21H,2,6,9-12H2,1,3-5H3. The van der Waals surface area contributed by atoms with E-state index in [9.17, 15) is 0 Å². The maximum absolute atomic E-state index is 4.35. The molecule has 1 saturated heterocycles. The fraction of sp³-hybridized carbons (Fsp3) is 0.600. The Labute approximate surface area is 129 Å². The van der Waals surface area contributed by atoms with E-state index in [-0.39, 0.29) is 0 Å². The highest BCUT2D eigenvalue weighted by Gasteiger charge is 2.49. The van der Waals surface area contributed by atoms with E-state index in [1.165, 1.54) is 36.0 Å². The smallest absolute Gasteiger partial charge is 0.0142 e. The Morgan fingerprint density at radius 1 is 1.38 bits per heavy atom. The molecule has 0 spiro atoms. The summed E-state index contributed by atoms with van der Waals surface area (Å²) in [6.45, 7) is 14.8. The first-order valence-corrected chi connectivity index (χ1v) is 8.49. The van der Waals surface area contributed by atoms with E-state index >= 15 is 0 Å². The van der Waals surface area contributed by atoms with Crippen molar-refractivity contribution in [2.24, 2.45) is 5.92 Å². The van der Waals surface area contributed by atoms with E-state index in [1.807, 2.05) is 0 Å². The SMILES string of the molecule is C=C(CC)CC12CCNC(Cc3ccc(C)c(C)c31)C2C. The fourth-order valence-corrected chi connectivity index (χ4v) is 4.75. The van der Waals surface area contributed by atoms with Crippen molar-refractivity contribution < 1.29 is 0 Å². The van der Waals surface area contributed by atoms with Crippen LogP contribution in [0, 0.1) is 19.8 Å². The zero-order valence-corrected chi connectivity index (χ0v) is 14.1. The Balaban J connectivity index is 2.19. The lowest BCUT2D eigenvalue weighted by Gasteiger charge is -2.53. The number of rotatable bonds is 3. The van der Waals surface area contributed by atoms with Crippen LogP contribution in [0.3, 0.4) is 0 Å². The van der Waals surface area contributed by atoms with Gasteiger partial charge in [0, 0.05) is 11.5 Å². The molecular formula is C20H29N. The number of hydrogen-bond acceptors (Lipinski definition) is 1. The van der Waals surface area contributed by atoms with Gasteiger partial charge in [-0.05, 0) is 74.2 Å². The van der Waals surface area contributed by atoms with Gasteiger partial charge in [0.1, 0.15) is 0 Å². The molecule has 1 nitrogen and oxygen atoms in total. The Kier molecular flexibility index (Phi) is 3.73. The van der Waals surface area contributed by atoms with Crippen LogP contribution in [0.5, 0.6) is 0 Å². The van der Waals surface area contributed by atoms with Gasteiger partial charge >= 0.3 is 0 Å². The van der Waals surface area contributed by atoms with E-state index in [1.54, 1.807) is 11.1 Å². The van der Waals surface area contributed by atoms with Gasteiger partial charge in [-0.25, -0.2) is 0 Å². The van der Waals surface area contributed by atoms with Gasteiger partial charge in [0.15, 0.2) is 0 Å². The van der Waals surface area contributed by atoms with Gasteiger partial charge in [0.2, 0.25) is 0 Å². The predicted octanol–water partition coefficient (Wildman–Crippen LogP) is 4.45. The van der Waals surface area contributed by atoms with Crippen molar-refractivity contribution in [3.63, 3.8) is 0 Å². The minimum absolute atomic E-state index is 0.312. The van der Waals surface area contributed by atoms with Crippen LogP contribution in [0.4, 0.5) is 0 Å². The highest BCUT2D eigenvalue weighted by atomic mass is 15.0. The van der Waals surface area contributed by atoms with Crippen molar-refractivity contribution in [1.82, 2.24) is 5.32 Å². The molecule has 2 aliphatic rings. The van der Waals surface area contributed by atoms with E-state index in [4.69, 9.17) is 0 Å². The molecule has 0 saturated carbocycles. The summed E-state index contributed by atoms with van der Waals surface area (Å²) in [6.07, 6.45) is 4.71. The molecule has 1 N–H and O–H groups in total. The average molecular weight is 283 g/mol. The van der Waals surface area contributed by atoms with Crippen LogP contribution >= 0.6 is 0 Å². The van der Waals surface area contributed by atoms with Gasteiger partial charge in [-0.2, -0.15) is 0 Å². The lowest BCUT2D eigenvalue weighted by molar-refractivity contribution is 0.139. The molecule has 114 valence electrons. The van der Waals surface area contributed by atoms with Crippen LogP contribution in [0.2, 0.25) is 0 Å². The molecule has 1 heteroatoms. The van der Waals surface area contributed by atoms with E-state index < -0.39 is 0 Å². The van der Waals surface area contributed by atoms with E-state index in [2.05, 4.69) is 51.7 Å². The quantitative estimate of drug-likeness (QED) is 0.808. The summed E-state index contributed by atoms with van der Waals surface area (Å²) in [4.78, 5) is 0. The fourth-order valence-electron chi connectivity index (χ4n) is 4.75. The first-order valence-electron chi connectivity index (χ1n) is 8.49. The summed E-state index contributed by atoms with van der Waals surface area (Å²) in [5.74, 6) is 0.697. The third-order valence-corrected chi connectivity index (χ3v) is 6.28. The summed E-state index contributed by atoms with van der Waals surface area (Å²) >= 11 is 0. The van der Waals surface area contributed by atoms with Gasteiger partial charge in [0.25, 0.3) is 0 Å². The van der Waals surface area contributed by atoms with Gasteiger partial charge in [-0.1, -0.05) is 38.1 Å². The molecule has 3 atom stereocenters. The second-order valence-electron chi connectivity index (χ2n) is 7.28. The zero-order chi connectivity index (χ0) is 15.2. The number of allylic oxidation sites excluding steroid dienone is 1. The number of hydrogen-bond donors (Lipinski definition) is 1. The molecule has 0 radical (unpaired) electrons. The summed E-state index contributed by atoms with van der Waals surface area (Å²) in [5.41, 5.74) is 7.95. The molecule has 21 heavy (non-hydrogen) atoms. The van der Waals surface area contributed by atoms with Crippen molar-refractivity contribution in [2.75, 3.05) is 6.54 Å². The molecular weight excluding hydrogens is 254 g/mol. The molecule has 0 amide bonds. The molecule has 1 aliphatic carbocycles. The minimum Gasteiger partial charge on any atom is -0.313 e. The van der Waals surface area contributed by atoms with Gasteiger partial charge in [0.05, 0.1) is 0 Å². The third-order valence-electron chi connectivity index (χ3n) is 6.28. The topological polar surface area (TPSA) is 12.0 Å². The molecule has 1 heterocycles. The normalized spacial score (nSPS) is 30.9. The Hall–Kier alpha value is -1.08. The van der Waals surface area contributed by atoms with Crippen LogP contribution < -0.4 is 5.32 Å². The number of benzene rings is 1. The Morgan fingerprint density at radius 2 is 2.14 bits per heavy atom. The van der Waals surface area contributed by atoms with Crippen LogP contribution in [0.15, 0.2) is 24.3 Å². The Bertz CT molecular complexity index is 571. The molecule has 3 unspecified atom stereocenters. The monoisotopic (exact) mass is 283 g/mol. The highest BCUT2D eigenvalue weighted by molar-refractivity contribution is 5.49. The first-order chi connectivity index (χ1) is 9.99. The highest BCUT2D eigenvalue weighted by Crippen LogP contribution is 2.51. The Morgan fingerprint density at radius 3 is 2.86 bits per heavy atom. The lowest BCUT2D eigenvalue weighted by atomic mass is 9.55. The van der Waals surface area contributed by atoms with Gasteiger partial charge in [-0.3, -0.25) is 0 Å². The van der Waals surface area contributed by atoms with Gasteiger partial charge < -0.3 is 5.32 Å². The van der Waals surface area contributed by atoms with Crippen molar-refractivity contribution in [1.29, 1.82) is 0 Å². The van der Waals surface area contributed by atoms with Crippen LogP contribution in [0.1, 0.15) is 55.4 Å². The van der Waals surface area contributed by atoms with Gasteiger partial charge in [-0.15, -0.1) is 0 Å². The summed E-state index contributed by atoms with van der Waals surface area (Å²) in [5, 5.41) is 3.76. The van der Waals surface area contributed by atoms with Crippen LogP contribution in [0.25, 0.3) is 0 Å². The largest absolute Gasteiger partial charge is 0.313 e. The van der Waals surface area contributed by atoms with Crippen LogP contribution in [-0.2, 0) is 11.8 Å². The molecule has 0 aromatic heterocycles. The second kappa shape index (κ2) is 5.28. The maximum atomic E-state index is 4.35.